The Balaban J connectivity index is 1.78. The van der Waals surface area contributed by atoms with E-state index in [1.807, 2.05) is 30.3 Å². The maximum absolute atomic E-state index is 12.0. The number of hydrogen-bond donors (Lipinski definition) is 3. The Hall–Kier alpha value is -2.90. The molecule has 0 spiro atoms. The van der Waals surface area contributed by atoms with E-state index in [0.717, 1.165) is 5.56 Å². The van der Waals surface area contributed by atoms with Gasteiger partial charge in [0.1, 0.15) is 0 Å². The van der Waals surface area contributed by atoms with Crippen LogP contribution in [0.3, 0.4) is 0 Å². The minimum Gasteiger partial charge on any atom is -0.344 e. The van der Waals surface area contributed by atoms with E-state index < -0.39 is 11.8 Å². The van der Waals surface area contributed by atoms with Gasteiger partial charge in [-0.25, -0.2) is 5.43 Å². The summed E-state index contributed by atoms with van der Waals surface area (Å²) in [6, 6.07) is 13.9. The van der Waals surface area contributed by atoms with E-state index in [2.05, 4.69) is 21.2 Å². The van der Waals surface area contributed by atoms with Gasteiger partial charge in [-0.05, 0) is 30.7 Å². The van der Waals surface area contributed by atoms with Crippen LogP contribution in [-0.2, 0) is 20.9 Å². The summed E-state index contributed by atoms with van der Waals surface area (Å²) in [6.07, 6.45) is -0.0772. The molecule has 0 radical (unpaired) electrons. The van der Waals surface area contributed by atoms with Crippen molar-refractivity contribution in [2.45, 2.75) is 19.9 Å². The monoisotopic (exact) mass is 420 g/mol. The lowest BCUT2D eigenvalue weighted by Crippen LogP contribution is -2.37. The van der Waals surface area contributed by atoms with Crippen LogP contribution in [0.2, 0.25) is 10.0 Å². The topological polar surface area (TPSA) is 99.7 Å². The van der Waals surface area contributed by atoms with Gasteiger partial charge in [0.05, 0.1) is 16.5 Å². The maximum atomic E-state index is 12.0. The lowest BCUT2D eigenvalue weighted by atomic mass is 10.2. The van der Waals surface area contributed by atoms with Crippen LogP contribution in [-0.4, -0.2) is 23.4 Å². The van der Waals surface area contributed by atoms with Crippen molar-refractivity contribution in [3.63, 3.8) is 0 Å². The second-order valence-corrected chi connectivity index (χ2v) is 6.62. The average molecular weight is 421 g/mol. The molecule has 2 rings (SSSR count). The lowest BCUT2D eigenvalue weighted by Gasteiger charge is -2.07. The molecule has 28 heavy (non-hydrogen) atoms. The fraction of sp³-hybridized carbons (Fsp3) is 0.158. The number of nitrogens with zero attached hydrogens (tertiary/aromatic N) is 1. The van der Waals surface area contributed by atoms with Crippen LogP contribution in [0, 0.1) is 0 Å². The molecule has 0 saturated carbocycles. The van der Waals surface area contributed by atoms with Crippen molar-refractivity contribution in [1.82, 2.24) is 10.7 Å². The molecule has 2 aromatic carbocycles. The number of nitrogens with one attached hydrogen (secondary N) is 3. The highest BCUT2D eigenvalue weighted by molar-refractivity contribution is 6.42. The van der Waals surface area contributed by atoms with E-state index in [4.69, 9.17) is 23.2 Å². The zero-order valence-electron chi connectivity index (χ0n) is 15.0. The fourth-order valence-electron chi connectivity index (χ4n) is 2.11. The van der Waals surface area contributed by atoms with Crippen LogP contribution < -0.4 is 16.1 Å². The normalized spacial score (nSPS) is 10.9. The molecule has 9 heteroatoms. The third kappa shape index (κ3) is 7.02. The van der Waals surface area contributed by atoms with Gasteiger partial charge in [0.2, 0.25) is 5.91 Å². The zero-order valence-corrected chi connectivity index (χ0v) is 16.5. The first-order chi connectivity index (χ1) is 13.3. The van der Waals surface area contributed by atoms with Gasteiger partial charge in [0, 0.05) is 17.9 Å². The van der Waals surface area contributed by atoms with Gasteiger partial charge in [-0.2, -0.15) is 5.10 Å². The van der Waals surface area contributed by atoms with Crippen LogP contribution in [0.4, 0.5) is 5.69 Å². The SMILES string of the molecule is CC(CC(=O)Nc1ccc(Cl)c(Cl)c1)=NNC(=O)C(=O)NCc1ccccc1. The molecule has 3 N–H and O–H groups in total. The second kappa shape index (κ2) is 10.4. The molecule has 0 aliphatic heterocycles. The smallest absolute Gasteiger partial charge is 0.329 e. The standard InChI is InChI=1S/C19H18Cl2N4O3/c1-12(9-17(26)23-14-7-8-15(20)16(21)10-14)24-25-19(28)18(27)22-11-13-5-3-2-4-6-13/h2-8,10H,9,11H2,1H3,(H,22,27)(H,23,26)(H,25,28). The van der Waals surface area contributed by atoms with E-state index in [0.29, 0.717) is 21.4 Å². The number of carbonyl (C=O) groups is 3. The summed E-state index contributed by atoms with van der Waals surface area (Å²) in [7, 11) is 0. The summed E-state index contributed by atoms with van der Waals surface area (Å²) >= 11 is 11.7. The first-order valence-corrected chi connectivity index (χ1v) is 9.01. The van der Waals surface area contributed by atoms with Gasteiger partial charge in [0.25, 0.3) is 0 Å². The predicted molar refractivity (Wildman–Crippen MR) is 109 cm³/mol. The van der Waals surface area contributed by atoms with E-state index >= 15 is 0 Å². The molecule has 0 heterocycles. The van der Waals surface area contributed by atoms with Crippen LogP contribution in [0.15, 0.2) is 53.6 Å². The quantitative estimate of drug-likeness (QED) is 0.380. The molecular formula is C19H18Cl2N4O3. The summed E-state index contributed by atoms with van der Waals surface area (Å²) in [6.45, 7) is 1.78. The lowest BCUT2D eigenvalue weighted by molar-refractivity contribution is -0.139. The average Bonchev–Trinajstić information content (AvgIpc) is 2.67. The Morgan fingerprint density at radius 3 is 2.36 bits per heavy atom. The molecule has 0 aromatic heterocycles. The Morgan fingerprint density at radius 2 is 1.68 bits per heavy atom. The summed E-state index contributed by atoms with van der Waals surface area (Å²) in [5.74, 6) is -2.09. The van der Waals surface area contributed by atoms with Crippen LogP contribution in [0.1, 0.15) is 18.9 Å². The minimum atomic E-state index is -0.917. The van der Waals surface area contributed by atoms with E-state index in [1.165, 1.54) is 6.07 Å². The molecule has 0 bridgehead atoms. The van der Waals surface area contributed by atoms with Crippen molar-refractivity contribution in [2.75, 3.05) is 5.32 Å². The predicted octanol–water partition coefficient (Wildman–Crippen LogP) is 3.13. The van der Waals surface area contributed by atoms with Gasteiger partial charge in [-0.3, -0.25) is 14.4 Å². The maximum Gasteiger partial charge on any atom is 0.329 e. The Bertz CT molecular complexity index is 901. The number of carbonyl (C=O) groups excluding carboxylic acids is 3. The summed E-state index contributed by atoms with van der Waals surface area (Å²) < 4.78 is 0. The van der Waals surface area contributed by atoms with Crippen molar-refractivity contribution >= 4 is 52.3 Å². The molecular weight excluding hydrogens is 403 g/mol. The third-order valence-corrected chi connectivity index (χ3v) is 4.21. The molecule has 146 valence electrons. The molecule has 0 aliphatic rings. The van der Waals surface area contributed by atoms with Gasteiger partial charge in [0.15, 0.2) is 0 Å². The molecule has 2 aromatic rings. The first-order valence-electron chi connectivity index (χ1n) is 8.25. The van der Waals surface area contributed by atoms with Crippen molar-refractivity contribution < 1.29 is 14.4 Å². The highest BCUT2D eigenvalue weighted by Gasteiger charge is 2.13. The molecule has 0 fully saturated rings. The van der Waals surface area contributed by atoms with Crippen LogP contribution >= 0.6 is 23.2 Å². The number of hydrazone groups is 1. The summed E-state index contributed by atoms with van der Waals surface area (Å²) in [5.41, 5.74) is 3.79. The van der Waals surface area contributed by atoms with Crippen molar-refractivity contribution in [2.24, 2.45) is 5.10 Å². The van der Waals surface area contributed by atoms with Gasteiger partial charge in [-0.1, -0.05) is 53.5 Å². The van der Waals surface area contributed by atoms with Gasteiger partial charge >= 0.3 is 11.8 Å². The summed E-state index contributed by atoms with van der Waals surface area (Å²) in [5, 5.41) is 9.58. The number of halogens is 2. The van der Waals surface area contributed by atoms with Crippen LogP contribution in [0.25, 0.3) is 0 Å². The molecule has 0 saturated heterocycles. The number of hydrogen-bond acceptors (Lipinski definition) is 4. The molecule has 7 nitrogen and oxygen atoms in total. The number of rotatable bonds is 6. The Morgan fingerprint density at radius 1 is 0.964 bits per heavy atom. The van der Waals surface area contributed by atoms with Crippen molar-refractivity contribution in [1.29, 1.82) is 0 Å². The van der Waals surface area contributed by atoms with Gasteiger partial charge < -0.3 is 10.6 Å². The molecule has 0 unspecified atom stereocenters. The molecule has 0 atom stereocenters. The molecule has 0 aliphatic carbocycles. The molecule has 3 amide bonds. The highest BCUT2D eigenvalue weighted by Crippen LogP contribution is 2.25. The Labute approximate surface area is 172 Å². The van der Waals surface area contributed by atoms with Gasteiger partial charge in [-0.15, -0.1) is 0 Å². The fourth-order valence-corrected chi connectivity index (χ4v) is 2.40. The van der Waals surface area contributed by atoms with E-state index in [1.54, 1.807) is 19.1 Å². The van der Waals surface area contributed by atoms with E-state index in [-0.39, 0.29) is 18.9 Å². The number of benzene rings is 2. The van der Waals surface area contributed by atoms with E-state index in [9.17, 15) is 14.4 Å². The number of anilines is 1. The number of amides is 3. The minimum absolute atomic E-state index is 0.0772. The third-order valence-electron chi connectivity index (χ3n) is 3.47. The largest absolute Gasteiger partial charge is 0.344 e. The van der Waals surface area contributed by atoms with Crippen molar-refractivity contribution in [3.8, 4) is 0 Å². The summed E-state index contributed by atoms with van der Waals surface area (Å²) in [4.78, 5) is 35.5. The van der Waals surface area contributed by atoms with Crippen LogP contribution in [0.5, 0.6) is 0 Å². The highest BCUT2D eigenvalue weighted by atomic mass is 35.5. The zero-order chi connectivity index (χ0) is 20.5. The second-order valence-electron chi connectivity index (χ2n) is 5.81. The van der Waals surface area contributed by atoms with Crippen molar-refractivity contribution in [3.05, 3.63) is 64.1 Å². The Kier molecular flexibility index (Phi) is 7.98. The first kappa shape index (κ1) is 21.4.